The van der Waals surface area contributed by atoms with Crippen LogP contribution in [-0.4, -0.2) is 21.0 Å². The summed E-state index contributed by atoms with van der Waals surface area (Å²) in [6.07, 6.45) is 5.85. The van der Waals surface area contributed by atoms with E-state index in [9.17, 15) is 8.42 Å². The minimum atomic E-state index is -3.36. The Kier molecular flexibility index (Phi) is 7.75. The molecule has 1 unspecified atom stereocenters. The quantitative estimate of drug-likeness (QED) is 0.691. The van der Waals surface area contributed by atoms with Crippen molar-refractivity contribution in [2.75, 3.05) is 11.9 Å². The van der Waals surface area contributed by atoms with E-state index in [-0.39, 0.29) is 0 Å². The summed E-state index contributed by atoms with van der Waals surface area (Å²) >= 11 is 0. The van der Waals surface area contributed by atoms with Crippen LogP contribution in [0.15, 0.2) is 29.2 Å². The second-order valence-corrected chi connectivity index (χ2v) is 7.06. The van der Waals surface area contributed by atoms with Gasteiger partial charge in [-0.2, -0.15) is 0 Å². The van der Waals surface area contributed by atoms with Gasteiger partial charge in [0.1, 0.15) is 0 Å². The van der Waals surface area contributed by atoms with E-state index >= 15 is 0 Å². The van der Waals surface area contributed by atoms with Gasteiger partial charge in [0.05, 0.1) is 4.90 Å². The summed E-state index contributed by atoms with van der Waals surface area (Å²) < 4.78 is 26.3. The van der Waals surface area contributed by atoms with Gasteiger partial charge in [-0.05, 0) is 37.1 Å². The number of anilines is 1. The highest BCUT2D eigenvalue weighted by atomic mass is 32.2. The fourth-order valence-electron chi connectivity index (χ4n) is 2.33. The first-order valence-corrected chi connectivity index (χ1v) is 9.38. The molecule has 0 heterocycles. The molecule has 0 radical (unpaired) electrons. The highest BCUT2D eigenvalue weighted by Crippen LogP contribution is 2.18. The van der Waals surface area contributed by atoms with Crippen molar-refractivity contribution in [3.05, 3.63) is 24.3 Å². The molecule has 0 saturated heterocycles. The maximum absolute atomic E-state index is 11.9. The van der Waals surface area contributed by atoms with Gasteiger partial charge < -0.3 is 5.32 Å². The molecule has 1 atom stereocenters. The van der Waals surface area contributed by atoms with Gasteiger partial charge in [-0.15, -0.1) is 0 Å². The number of sulfonamides is 1. The average molecular weight is 312 g/mol. The van der Waals surface area contributed by atoms with Gasteiger partial charge in [0.2, 0.25) is 10.0 Å². The molecule has 4 nitrogen and oxygen atoms in total. The molecule has 0 fully saturated rings. The van der Waals surface area contributed by atoms with E-state index in [0.29, 0.717) is 17.5 Å². The van der Waals surface area contributed by atoms with Crippen LogP contribution in [0.5, 0.6) is 0 Å². The van der Waals surface area contributed by atoms with Crippen molar-refractivity contribution in [3.8, 4) is 0 Å². The highest BCUT2D eigenvalue weighted by molar-refractivity contribution is 7.89. The third-order valence-corrected chi connectivity index (χ3v) is 4.97. The maximum Gasteiger partial charge on any atom is 0.240 e. The van der Waals surface area contributed by atoms with E-state index in [1.807, 2.05) is 12.1 Å². The molecular formula is C16H28N2O2S. The van der Waals surface area contributed by atoms with Crippen LogP contribution in [0.3, 0.4) is 0 Å². The first-order valence-electron chi connectivity index (χ1n) is 7.89. The number of hydrogen-bond donors (Lipinski definition) is 2. The largest absolute Gasteiger partial charge is 0.382 e. The van der Waals surface area contributed by atoms with Crippen molar-refractivity contribution in [1.82, 2.24) is 4.72 Å². The van der Waals surface area contributed by atoms with Crippen molar-refractivity contribution in [2.24, 2.45) is 0 Å². The third-order valence-electron chi connectivity index (χ3n) is 3.41. The number of rotatable bonds is 10. The van der Waals surface area contributed by atoms with Gasteiger partial charge in [-0.25, -0.2) is 13.1 Å². The van der Waals surface area contributed by atoms with Crippen LogP contribution in [0.2, 0.25) is 0 Å². The normalized spacial score (nSPS) is 13.1. The van der Waals surface area contributed by atoms with Gasteiger partial charge in [-0.1, -0.05) is 40.0 Å². The van der Waals surface area contributed by atoms with Crippen LogP contribution >= 0.6 is 0 Å². The Morgan fingerprint density at radius 3 is 2.19 bits per heavy atom. The second-order valence-electron chi connectivity index (χ2n) is 5.30. The summed E-state index contributed by atoms with van der Waals surface area (Å²) in [6, 6.07) is 7.47. The molecule has 1 aromatic rings. The Bertz CT molecular complexity index is 498. The van der Waals surface area contributed by atoms with E-state index in [0.717, 1.165) is 24.9 Å². The molecule has 5 heteroatoms. The van der Waals surface area contributed by atoms with Crippen LogP contribution < -0.4 is 10.0 Å². The smallest absolute Gasteiger partial charge is 0.240 e. The summed E-state index contributed by atoms with van der Waals surface area (Å²) in [4.78, 5) is 0.315. The Morgan fingerprint density at radius 1 is 1.00 bits per heavy atom. The van der Waals surface area contributed by atoms with E-state index < -0.39 is 10.0 Å². The minimum Gasteiger partial charge on any atom is -0.382 e. The lowest BCUT2D eigenvalue weighted by molar-refractivity contribution is 0.564. The Labute approximate surface area is 129 Å². The van der Waals surface area contributed by atoms with Crippen molar-refractivity contribution in [2.45, 2.75) is 63.8 Å². The van der Waals surface area contributed by atoms with Crippen LogP contribution in [0, 0.1) is 0 Å². The zero-order chi connectivity index (χ0) is 15.7. The summed E-state index contributed by atoms with van der Waals surface area (Å²) in [5, 5.41) is 3.51. The lowest BCUT2D eigenvalue weighted by atomic mass is 10.0. The Hall–Kier alpha value is -1.07. The zero-order valence-electron chi connectivity index (χ0n) is 13.4. The van der Waals surface area contributed by atoms with E-state index in [2.05, 4.69) is 23.9 Å². The molecule has 120 valence electrons. The van der Waals surface area contributed by atoms with Crippen LogP contribution in [0.4, 0.5) is 5.69 Å². The van der Waals surface area contributed by atoms with E-state index in [1.54, 1.807) is 19.1 Å². The van der Waals surface area contributed by atoms with Crippen LogP contribution in [0.25, 0.3) is 0 Å². The predicted octanol–water partition coefficient (Wildman–Crippen LogP) is 3.76. The molecule has 0 aliphatic carbocycles. The van der Waals surface area contributed by atoms with Gasteiger partial charge in [0.15, 0.2) is 0 Å². The van der Waals surface area contributed by atoms with Gasteiger partial charge in [-0.3, -0.25) is 0 Å². The van der Waals surface area contributed by atoms with Gasteiger partial charge in [0.25, 0.3) is 0 Å². The number of hydrogen-bond acceptors (Lipinski definition) is 3. The van der Waals surface area contributed by atoms with Crippen molar-refractivity contribution in [3.63, 3.8) is 0 Å². The standard InChI is InChI=1S/C16H28N2O2S/c1-4-7-9-14(8-5-2)18-15-10-12-16(13-11-15)21(19,20)17-6-3/h10-14,17-18H,4-9H2,1-3H3. The molecule has 21 heavy (non-hydrogen) atoms. The molecule has 0 bridgehead atoms. The molecule has 2 N–H and O–H groups in total. The molecule has 0 saturated carbocycles. The predicted molar refractivity (Wildman–Crippen MR) is 89.1 cm³/mol. The molecule has 0 aromatic heterocycles. The molecule has 0 amide bonds. The first-order chi connectivity index (χ1) is 10.0. The topological polar surface area (TPSA) is 58.2 Å². The summed E-state index contributed by atoms with van der Waals surface area (Å²) in [6.45, 7) is 6.56. The molecule has 0 aliphatic heterocycles. The monoisotopic (exact) mass is 312 g/mol. The SMILES string of the molecule is CCCCC(CCC)Nc1ccc(S(=O)(=O)NCC)cc1. The summed E-state index contributed by atoms with van der Waals surface area (Å²) in [7, 11) is -3.36. The molecule has 1 aromatic carbocycles. The molecular weight excluding hydrogens is 284 g/mol. The van der Waals surface area contributed by atoms with E-state index in [1.165, 1.54) is 12.8 Å². The molecule has 0 aliphatic rings. The lowest BCUT2D eigenvalue weighted by Crippen LogP contribution is -2.23. The summed E-state index contributed by atoms with van der Waals surface area (Å²) in [5.74, 6) is 0. The van der Waals surface area contributed by atoms with Crippen molar-refractivity contribution in [1.29, 1.82) is 0 Å². The number of benzene rings is 1. The maximum atomic E-state index is 11.9. The molecule has 0 spiro atoms. The zero-order valence-corrected chi connectivity index (χ0v) is 14.2. The van der Waals surface area contributed by atoms with Crippen molar-refractivity contribution < 1.29 is 8.42 Å². The van der Waals surface area contributed by atoms with Crippen LogP contribution in [0.1, 0.15) is 52.9 Å². The van der Waals surface area contributed by atoms with Gasteiger partial charge in [0, 0.05) is 18.3 Å². The second kappa shape index (κ2) is 9.05. The van der Waals surface area contributed by atoms with E-state index in [4.69, 9.17) is 0 Å². The first kappa shape index (κ1) is 18.0. The van der Waals surface area contributed by atoms with Gasteiger partial charge >= 0.3 is 0 Å². The lowest BCUT2D eigenvalue weighted by Gasteiger charge is -2.19. The Balaban J connectivity index is 2.72. The number of unbranched alkanes of at least 4 members (excludes halogenated alkanes) is 1. The fraction of sp³-hybridized carbons (Fsp3) is 0.625. The molecule has 1 rings (SSSR count). The fourth-order valence-corrected chi connectivity index (χ4v) is 3.37. The Morgan fingerprint density at radius 2 is 1.67 bits per heavy atom. The van der Waals surface area contributed by atoms with Crippen molar-refractivity contribution >= 4 is 15.7 Å². The van der Waals surface area contributed by atoms with Crippen LogP contribution in [-0.2, 0) is 10.0 Å². The number of nitrogens with one attached hydrogen (secondary N) is 2. The minimum absolute atomic E-state index is 0.315. The third kappa shape index (κ3) is 6.06. The summed E-state index contributed by atoms with van der Waals surface area (Å²) in [5.41, 5.74) is 0.986. The average Bonchev–Trinajstić information content (AvgIpc) is 2.45. The highest BCUT2D eigenvalue weighted by Gasteiger charge is 2.12.